The predicted molar refractivity (Wildman–Crippen MR) is 65.2 cm³/mol. The molecule has 1 rings (SSSR count). The molecular formula is C11H15N3O2S. The highest BCUT2D eigenvalue weighted by molar-refractivity contribution is 7.86. The van der Waals surface area contributed by atoms with E-state index in [0.29, 0.717) is 5.56 Å². The maximum atomic E-state index is 11.8. The first kappa shape index (κ1) is 13.6. The van der Waals surface area contributed by atoms with Crippen LogP contribution in [0.4, 0.5) is 0 Å². The van der Waals surface area contributed by atoms with Crippen LogP contribution in [-0.2, 0) is 16.8 Å². The van der Waals surface area contributed by atoms with Gasteiger partial charge in [0.1, 0.15) is 0 Å². The Balaban J connectivity index is 2.82. The highest BCUT2D eigenvalue weighted by Gasteiger charge is 2.20. The van der Waals surface area contributed by atoms with Crippen molar-refractivity contribution < 1.29 is 8.42 Å². The third kappa shape index (κ3) is 3.27. The summed E-state index contributed by atoms with van der Waals surface area (Å²) in [4.78, 5) is 0. The minimum Gasteiger partial charge on any atom is -0.195 e. The van der Waals surface area contributed by atoms with Crippen LogP contribution in [0.2, 0.25) is 0 Å². The zero-order valence-corrected chi connectivity index (χ0v) is 10.9. The Labute approximate surface area is 102 Å². The van der Waals surface area contributed by atoms with E-state index < -0.39 is 10.2 Å². The highest BCUT2D eigenvalue weighted by Crippen LogP contribution is 2.10. The Bertz CT molecular complexity index is 515. The van der Waals surface area contributed by atoms with Gasteiger partial charge in [-0.3, -0.25) is 0 Å². The molecule has 0 fully saturated rings. The van der Waals surface area contributed by atoms with Gasteiger partial charge < -0.3 is 0 Å². The molecule has 0 atom stereocenters. The van der Waals surface area contributed by atoms with Gasteiger partial charge in [0.2, 0.25) is 0 Å². The predicted octanol–water partition coefficient (Wildman–Crippen LogP) is 0.796. The molecule has 0 amide bonds. The molecule has 0 aliphatic heterocycles. The van der Waals surface area contributed by atoms with E-state index in [4.69, 9.17) is 5.26 Å². The van der Waals surface area contributed by atoms with Crippen molar-refractivity contribution >= 4 is 10.2 Å². The maximum absolute atomic E-state index is 11.8. The summed E-state index contributed by atoms with van der Waals surface area (Å²) in [6, 6.07) is 8.86. The number of benzene rings is 1. The Kier molecular flexibility index (Phi) is 4.23. The second-order valence-electron chi connectivity index (χ2n) is 3.85. The van der Waals surface area contributed by atoms with Gasteiger partial charge in [0.15, 0.2) is 0 Å². The zero-order chi connectivity index (χ0) is 13.1. The fraction of sp³-hybridized carbons (Fsp3) is 0.364. The van der Waals surface area contributed by atoms with Gasteiger partial charge in [0.05, 0.1) is 11.6 Å². The lowest BCUT2D eigenvalue weighted by molar-refractivity contribution is 0.414. The summed E-state index contributed by atoms with van der Waals surface area (Å²) in [5.41, 5.74) is 1.41. The fourth-order valence-electron chi connectivity index (χ4n) is 1.30. The standard InChI is InChI=1S/C11H15N3O2S/c1-13(2)17(15,16)14(3)9-11-6-4-10(8-12)5-7-11/h4-7H,9H2,1-3H3. The summed E-state index contributed by atoms with van der Waals surface area (Å²) in [7, 11) is 1.11. The van der Waals surface area contributed by atoms with Crippen molar-refractivity contribution in [2.45, 2.75) is 6.54 Å². The van der Waals surface area contributed by atoms with Gasteiger partial charge in [-0.25, -0.2) is 0 Å². The molecule has 1 aromatic carbocycles. The molecule has 6 heteroatoms. The van der Waals surface area contributed by atoms with E-state index in [1.165, 1.54) is 25.4 Å². The van der Waals surface area contributed by atoms with Crippen molar-refractivity contribution in [2.24, 2.45) is 0 Å². The molecule has 5 nitrogen and oxygen atoms in total. The summed E-state index contributed by atoms with van der Waals surface area (Å²) < 4.78 is 25.9. The Morgan fingerprint density at radius 1 is 1.18 bits per heavy atom. The molecule has 0 saturated heterocycles. The number of hydrogen-bond acceptors (Lipinski definition) is 3. The van der Waals surface area contributed by atoms with Crippen molar-refractivity contribution in [3.05, 3.63) is 35.4 Å². The minimum atomic E-state index is -3.39. The normalized spacial score (nSPS) is 11.8. The summed E-state index contributed by atoms with van der Waals surface area (Å²) in [5, 5.41) is 8.65. The van der Waals surface area contributed by atoms with E-state index in [-0.39, 0.29) is 6.54 Å². The van der Waals surface area contributed by atoms with Gasteiger partial charge in [-0.05, 0) is 17.7 Å². The largest absolute Gasteiger partial charge is 0.281 e. The third-order valence-corrected chi connectivity index (χ3v) is 4.18. The maximum Gasteiger partial charge on any atom is 0.281 e. The Morgan fingerprint density at radius 2 is 1.71 bits per heavy atom. The first-order valence-electron chi connectivity index (χ1n) is 5.00. The van der Waals surface area contributed by atoms with Crippen LogP contribution in [-0.4, -0.2) is 38.2 Å². The van der Waals surface area contributed by atoms with Crippen LogP contribution in [0.1, 0.15) is 11.1 Å². The number of nitriles is 1. The third-order valence-electron chi connectivity index (χ3n) is 2.34. The fourth-order valence-corrected chi connectivity index (χ4v) is 2.17. The molecule has 0 N–H and O–H groups in total. The molecule has 0 bridgehead atoms. The number of rotatable bonds is 4. The number of hydrogen-bond donors (Lipinski definition) is 0. The second kappa shape index (κ2) is 5.27. The molecular weight excluding hydrogens is 238 g/mol. The van der Waals surface area contributed by atoms with E-state index >= 15 is 0 Å². The first-order chi connectivity index (χ1) is 7.87. The summed E-state index contributed by atoms with van der Waals surface area (Å²) in [6.07, 6.45) is 0. The van der Waals surface area contributed by atoms with Gasteiger partial charge in [0.25, 0.3) is 10.2 Å². The van der Waals surface area contributed by atoms with Crippen LogP contribution >= 0.6 is 0 Å². The van der Waals surface area contributed by atoms with E-state index in [9.17, 15) is 8.42 Å². The summed E-state index contributed by atoms with van der Waals surface area (Å²) >= 11 is 0. The van der Waals surface area contributed by atoms with E-state index in [1.54, 1.807) is 24.3 Å². The lowest BCUT2D eigenvalue weighted by Crippen LogP contribution is -2.36. The topological polar surface area (TPSA) is 64.4 Å². The second-order valence-corrected chi connectivity index (χ2v) is 6.10. The highest BCUT2D eigenvalue weighted by atomic mass is 32.2. The molecule has 1 aromatic rings. The summed E-state index contributed by atoms with van der Waals surface area (Å²) in [5.74, 6) is 0. The molecule has 92 valence electrons. The molecule has 0 radical (unpaired) electrons. The lowest BCUT2D eigenvalue weighted by Gasteiger charge is -2.21. The van der Waals surface area contributed by atoms with Crippen LogP contribution in [0, 0.1) is 11.3 Å². The quantitative estimate of drug-likeness (QED) is 0.797. The van der Waals surface area contributed by atoms with Crippen LogP contribution in [0.15, 0.2) is 24.3 Å². The van der Waals surface area contributed by atoms with Crippen LogP contribution in [0.3, 0.4) is 0 Å². The molecule has 0 unspecified atom stereocenters. The average Bonchev–Trinajstić information content (AvgIpc) is 2.29. The molecule has 0 saturated carbocycles. The van der Waals surface area contributed by atoms with Crippen LogP contribution in [0.5, 0.6) is 0 Å². The van der Waals surface area contributed by atoms with Crippen LogP contribution in [0.25, 0.3) is 0 Å². The van der Waals surface area contributed by atoms with Gasteiger partial charge in [0, 0.05) is 27.7 Å². The lowest BCUT2D eigenvalue weighted by atomic mass is 10.1. The Hall–Kier alpha value is -1.42. The molecule has 0 spiro atoms. The van der Waals surface area contributed by atoms with Crippen LogP contribution < -0.4 is 0 Å². The van der Waals surface area contributed by atoms with Gasteiger partial charge >= 0.3 is 0 Å². The molecule has 0 heterocycles. The molecule has 0 aromatic heterocycles. The SMILES string of the molecule is CN(C)S(=O)(=O)N(C)Cc1ccc(C#N)cc1. The zero-order valence-electron chi connectivity index (χ0n) is 10.1. The first-order valence-corrected chi connectivity index (χ1v) is 6.40. The minimum absolute atomic E-state index is 0.284. The van der Waals surface area contributed by atoms with Gasteiger partial charge in [-0.15, -0.1) is 0 Å². The number of nitrogens with zero attached hydrogens (tertiary/aromatic N) is 3. The summed E-state index contributed by atoms with van der Waals surface area (Å²) in [6.45, 7) is 0.284. The average molecular weight is 253 g/mol. The van der Waals surface area contributed by atoms with Crippen molar-refractivity contribution in [1.29, 1.82) is 5.26 Å². The monoisotopic (exact) mass is 253 g/mol. The smallest absolute Gasteiger partial charge is 0.195 e. The Morgan fingerprint density at radius 3 is 2.12 bits per heavy atom. The van der Waals surface area contributed by atoms with E-state index in [1.807, 2.05) is 6.07 Å². The van der Waals surface area contributed by atoms with Gasteiger partial charge in [-0.1, -0.05) is 12.1 Å². The van der Waals surface area contributed by atoms with E-state index in [0.717, 1.165) is 9.87 Å². The van der Waals surface area contributed by atoms with Crippen molar-refractivity contribution in [3.63, 3.8) is 0 Å². The molecule has 0 aliphatic carbocycles. The van der Waals surface area contributed by atoms with Crippen molar-refractivity contribution in [2.75, 3.05) is 21.1 Å². The van der Waals surface area contributed by atoms with Gasteiger partial charge in [-0.2, -0.15) is 22.3 Å². The molecule has 0 aliphatic rings. The van der Waals surface area contributed by atoms with E-state index in [2.05, 4.69) is 0 Å². The van der Waals surface area contributed by atoms with Crippen molar-refractivity contribution in [3.8, 4) is 6.07 Å². The molecule has 17 heavy (non-hydrogen) atoms. The van der Waals surface area contributed by atoms with Crippen molar-refractivity contribution in [1.82, 2.24) is 8.61 Å².